The van der Waals surface area contributed by atoms with Crippen molar-refractivity contribution in [2.45, 2.75) is 19.0 Å². The first-order valence-corrected chi connectivity index (χ1v) is 9.67. The van der Waals surface area contributed by atoms with Gasteiger partial charge in [-0.15, -0.1) is 0 Å². The summed E-state index contributed by atoms with van der Waals surface area (Å²) in [7, 11) is 0. The quantitative estimate of drug-likeness (QED) is 0.593. The van der Waals surface area contributed by atoms with E-state index >= 15 is 0 Å². The summed E-state index contributed by atoms with van der Waals surface area (Å²) in [6.45, 7) is 0.623. The van der Waals surface area contributed by atoms with Gasteiger partial charge in [0.2, 0.25) is 5.91 Å². The molecule has 4 heterocycles. The van der Waals surface area contributed by atoms with Crippen molar-refractivity contribution in [3.05, 3.63) is 64.5 Å². The highest BCUT2D eigenvalue weighted by molar-refractivity contribution is 7.08. The molecule has 0 bridgehead atoms. The van der Waals surface area contributed by atoms with Crippen LogP contribution in [-0.2, 0) is 11.3 Å². The lowest BCUT2D eigenvalue weighted by molar-refractivity contribution is -0.122. The number of rotatable bonds is 6. The molecule has 3 N–H and O–H groups in total. The number of hydrogen-bond acceptors (Lipinski definition) is 5. The number of thiophene rings is 1. The summed E-state index contributed by atoms with van der Waals surface area (Å²) < 4.78 is 6.90. The number of nitrogens with zero attached hydrogens (tertiary/aromatic N) is 1. The Labute approximate surface area is 164 Å². The zero-order chi connectivity index (χ0) is 19.5. The molecule has 3 aromatic rings. The second-order valence-electron chi connectivity index (χ2n) is 6.41. The van der Waals surface area contributed by atoms with Crippen molar-refractivity contribution in [3.8, 4) is 0 Å². The maximum atomic E-state index is 12.5. The van der Waals surface area contributed by atoms with Crippen molar-refractivity contribution >= 4 is 34.7 Å². The van der Waals surface area contributed by atoms with Crippen LogP contribution in [0.4, 0.5) is 5.69 Å². The van der Waals surface area contributed by atoms with Gasteiger partial charge in [-0.2, -0.15) is 11.3 Å². The van der Waals surface area contributed by atoms with Gasteiger partial charge < -0.3 is 24.9 Å². The van der Waals surface area contributed by atoms with Crippen molar-refractivity contribution in [2.75, 3.05) is 11.9 Å². The summed E-state index contributed by atoms with van der Waals surface area (Å²) in [6.07, 6.45) is 3.35. The van der Waals surface area contributed by atoms with Crippen LogP contribution in [0.3, 0.4) is 0 Å². The number of nitrogens with one attached hydrogen (secondary N) is 3. The second kappa shape index (κ2) is 7.73. The van der Waals surface area contributed by atoms with E-state index in [1.54, 1.807) is 41.3 Å². The lowest BCUT2D eigenvalue weighted by Gasteiger charge is -2.26. The Hall–Kier alpha value is -3.33. The minimum atomic E-state index is -0.297. The average molecular weight is 398 g/mol. The van der Waals surface area contributed by atoms with Crippen LogP contribution in [-0.4, -0.2) is 28.8 Å². The minimum absolute atomic E-state index is 0.165. The number of aromatic nitrogens is 1. The molecule has 1 aliphatic rings. The molecule has 1 unspecified atom stereocenters. The molecule has 0 radical (unpaired) electrons. The first-order valence-electron chi connectivity index (χ1n) is 8.73. The lowest BCUT2D eigenvalue weighted by Crippen LogP contribution is -2.40. The maximum Gasteiger partial charge on any atom is 0.268 e. The molecule has 1 atom stereocenters. The van der Waals surface area contributed by atoms with Crippen LogP contribution in [0, 0.1) is 0 Å². The summed E-state index contributed by atoms with van der Waals surface area (Å²) in [6, 6.07) is 6.62. The lowest BCUT2D eigenvalue weighted by atomic mass is 10.1. The molecule has 0 saturated heterocycles. The molecule has 3 amide bonds. The Morgan fingerprint density at radius 3 is 3.00 bits per heavy atom. The fraction of sp³-hybridized carbons (Fsp3) is 0.211. The number of amides is 3. The molecule has 0 saturated carbocycles. The summed E-state index contributed by atoms with van der Waals surface area (Å²) in [5, 5.41) is 12.1. The molecule has 4 rings (SSSR count). The van der Waals surface area contributed by atoms with Gasteiger partial charge in [0.25, 0.3) is 11.8 Å². The Kier molecular flexibility index (Phi) is 4.98. The molecule has 3 aromatic heterocycles. The van der Waals surface area contributed by atoms with Crippen LogP contribution in [0.5, 0.6) is 0 Å². The van der Waals surface area contributed by atoms with Crippen LogP contribution in [0.2, 0.25) is 0 Å². The zero-order valence-electron chi connectivity index (χ0n) is 14.8. The van der Waals surface area contributed by atoms with E-state index in [0.29, 0.717) is 35.8 Å². The number of carbonyl (C=O) groups is 3. The maximum absolute atomic E-state index is 12.5. The molecule has 0 aliphatic carbocycles. The van der Waals surface area contributed by atoms with Crippen LogP contribution >= 0.6 is 11.3 Å². The molecule has 8 nitrogen and oxygen atoms in total. The van der Waals surface area contributed by atoms with Gasteiger partial charge in [-0.05, 0) is 29.6 Å². The van der Waals surface area contributed by atoms with Crippen molar-refractivity contribution in [2.24, 2.45) is 0 Å². The van der Waals surface area contributed by atoms with E-state index in [-0.39, 0.29) is 30.2 Å². The highest BCUT2D eigenvalue weighted by Crippen LogP contribution is 2.23. The van der Waals surface area contributed by atoms with Crippen molar-refractivity contribution < 1.29 is 18.8 Å². The Morgan fingerprint density at radius 1 is 1.36 bits per heavy atom. The summed E-state index contributed by atoms with van der Waals surface area (Å²) in [5.41, 5.74) is 1.45. The third-order valence-corrected chi connectivity index (χ3v) is 5.16. The predicted octanol–water partition coefficient (Wildman–Crippen LogP) is 2.39. The van der Waals surface area contributed by atoms with Crippen molar-refractivity contribution in [3.63, 3.8) is 0 Å². The molecule has 0 aromatic carbocycles. The number of furan rings is 1. The van der Waals surface area contributed by atoms with Crippen LogP contribution in [0.1, 0.15) is 39.1 Å². The van der Waals surface area contributed by atoms with E-state index in [9.17, 15) is 14.4 Å². The Balaban J connectivity index is 1.45. The van der Waals surface area contributed by atoms with Gasteiger partial charge >= 0.3 is 0 Å². The topological polar surface area (TPSA) is 105 Å². The van der Waals surface area contributed by atoms with Gasteiger partial charge in [0.1, 0.15) is 11.5 Å². The molecular formula is C19H18N4O4S. The largest absolute Gasteiger partial charge is 0.467 e. The summed E-state index contributed by atoms with van der Waals surface area (Å²) >= 11 is 1.48. The van der Waals surface area contributed by atoms with E-state index in [1.807, 2.05) is 10.8 Å². The number of anilines is 1. The fourth-order valence-electron chi connectivity index (χ4n) is 3.08. The summed E-state index contributed by atoms with van der Waals surface area (Å²) in [5.74, 6) is -0.0586. The number of hydrogen-bond donors (Lipinski definition) is 3. The molecule has 0 spiro atoms. The minimum Gasteiger partial charge on any atom is -0.467 e. The Morgan fingerprint density at radius 2 is 2.25 bits per heavy atom. The molecule has 1 aliphatic heterocycles. The van der Waals surface area contributed by atoms with Gasteiger partial charge in [0.15, 0.2) is 0 Å². The molecule has 9 heteroatoms. The van der Waals surface area contributed by atoms with Gasteiger partial charge in [-0.1, -0.05) is 0 Å². The normalized spacial score (nSPS) is 15.6. The van der Waals surface area contributed by atoms with Crippen LogP contribution in [0.15, 0.2) is 51.9 Å². The van der Waals surface area contributed by atoms with Gasteiger partial charge in [-0.25, -0.2) is 0 Å². The first kappa shape index (κ1) is 18.1. The van der Waals surface area contributed by atoms with Crippen LogP contribution < -0.4 is 16.0 Å². The molecule has 144 valence electrons. The van der Waals surface area contributed by atoms with Gasteiger partial charge in [0, 0.05) is 24.5 Å². The van der Waals surface area contributed by atoms with Crippen LogP contribution in [0.25, 0.3) is 0 Å². The highest BCUT2D eigenvalue weighted by atomic mass is 32.1. The van der Waals surface area contributed by atoms with E-state index < -0.39 is 0 Å². The average Bonchev–Trinajstić information content (AvgIpc) is 3.44. The second-order valence-corrected chi connectivity index (χ2v) is 7.19. The monoisotopic (exact) mass is 398 g/mol. The molecule has 28 heavy (non-hydrogen) atoms. The fourth-order valence-corrected chi connectivity index (χ4v) is 3.67. The van der Waals surface area contributed by atoms with Crippen molar-refractivity contribution in [1.82, 2.24) is 15.2 Å². The van der Waals surface area contributed by atoms with E-state index in [1.165, 1.54) is 11.3 Å². The van der Waals surface area contributed by atoms with Crippen molar-refractivity contribution in [1.29, 1.82) is 0 Å². The number of carbonyl (C=O) groups excluding carboxylic acids is 3. The third-order valence-electron chi connectivity index (χ3n) is 4.47. The Bertz CT molecular complexity index is 991. The SMILES string of the molecule is O=C(CC1CNC(=O)c2cc(C(=O)Nc3ccsc3)cn21)NCc1ccco1. The van der Waals surface area contributed by atoms with E-state index in [4.69, 9.17) is 4.42 Å². The van der Waals surface area contributed by atoms with E-state index in [0.717, 1.165) is 0 Å². The van der Waals surface area contributed by atoms with Gasteiger partial charge in [-0.3, -0.25) is 14.4 Å². The predicted molar refractivity (Wildman–Crippen MR) is 103 cm³/mol. The third kappa shape index (κ3) is 3.84. The summed E-state index contributed by atoms with van der Waals surface area (Å²) in [4.78, 5) is 36.9. The van der Waals surface area contributed by atoms with E-state index in [2.05, 4.69) is 16.0 Å². The molecule has 0 fully saturated rings. The smallest absolute Gasteiger partial charge is 0.268 e. The highest BCUT2D eigenvalue weighted by Gasteiger charge is 2.28. The standard InChI is InChI=1S/C19H18N4O4S/c24-17(20-9-15-2-1-4-27-15)7-14-8-21-19(26)16-6-12(10-23(14)16)18(25)22-13-3-5-28-11-13/h1-6,10-11,14H,7-9H2,(H,20,24)(H,21,26)(H,22,25). The zero-order valence-corrected chi connectivity index (χ0v) is 15.6. The molecular weight excluding hydrogens is 380 g/mol. The van der Waals surface area contributed by atoms with Gasteiger partial charge in [0.05, 0.1) is 30.1 Å². The first-order chi connectivity index (χ1) is 13.6. The number of fused-ring (bicyclic) bond motifs is 1.